The molecule has 0 fully saturated rings. The molecule has 5 heteroatoms. The molecule has 76 valence electrons. The van der Waals surface area contributed by atoms with Crippen molar-refractivity contribution >= 4 is 21.6 Å². The summed E-state index contributed by atoms with van der Waals surface area (Å²) >= 11 is 3.18. The van der Waals surface area contributed by atoms with Crippen molar-refractivity contribution in [2.75, 3.05) is 0 Å². The normalized spacial score (nSPS) is 9.33. The Bertz CT molecular complexity index is 463. The summed E-state index contributed by atoms with van der Waals surface area (Å²) < 4.78 is 0.562. The Morgan fingerprint density at radius 2 is 2.33 bits per heavy atom. The maximum absolute atomic E-state index is 10.7. The summed E-state index contributed by atoms with van der Waals surface area (Å²) in [5, 5.41) is 19.4. The van der Waals surface area contributed by atoms with E-state index in [9.17, 15) is 10.1 Å². The van der Waals surface area contributed by atoms with E-state index in [1.165, 1.54) is 6.07 Å². The van der Waals surface area contributed by atoms with Gasteiger partial charge in [-0.25, -0.2) is 0 Å². The molecule has 4 nitrogen and oxygen atoms in total. The summed E-state index contributed by atoms with van der Waals surface area (Å²) in [6.45, 7) is 3.53. The molecule has 0 N–H and O–H groups in total. The first-order valence-electron chi connectivity index (χ1n) is 4.08. The van der Waals surface area contributed by atoms with Gasteiger partial charge in [0, 0.05) is 16.1 Å². The van der Waals surface area contributed by atoms with E-state index in [0.717, 1.165) is 0 Å². The van der Waals surface area contributed by atoms with Gasteiger partial charge in [0.2, 0.25) is 0 Å². The molecule has 0 aliphatic heterocycles. The summed E-state index contributed by atoms with van der Waals surface area (Å²) in [7, 11) is 0. The minimum Gasteiger partial charge on any atom is -0.258 e. The molecule has 0 atom stereocenters. The molecule has 0 radical (unpaired) electrons. The third-order valence-corrected chi connectivity index (χ3v) is 2.51. The first-order chi connectivity index (χ1) is 7.10. The van der Waals surface area contributed by atoms with E-state index < -0.39 is 4.92 Å². The van der Waals surface area contributed by atoms with Gasteiger partial charge in [0.1, 0.15) is 6.07 Å². The predicted molar refractivity (Wildman–Crippen MR) is 59.4 cm³/mol. The minimum absolute atomic E-state index is 0.0466. The van der Waals surface area contributed by atoms with Crippen molar-refractivity contribution in [1.82, 2.24) is 0 Å². The first kappa shape index (κ1) is 11.4. The Kier molecular flexibility index (Phi) is 3.58. The third-order valence-electron chi connectivity index (χ3n) is 1.85. The van der Waals surface area contributed by atoms with Crippen LogP contribution in [0.25, 0.3) is 0 Å². The van der Waals surface area contributed by atoms with Crippen LogP contribution in [0.3, 0.4) is 0 Å². The highest BCUT2D eigenvalue weighted by molar-refractivity contribution is 9.10. The Morgan fingerprint density at radius 3 is 2.80 bits per heavy atom. The summed E-state index contributed by atoms with van der Waals surface area (Å²) in [6, 6.07) is 4.73. The summed E-state index contributed by atoms with van der Waals surface area (Å²) in [5.74, 6) is 0. The number of nitrogens with zero attached hydrogens (tertiary/aromatic N) is 2. The maximum atomic E-state index is 10.7. The average molecular weight is 267 g/mol. The second-order valence-corrected chi connectivity index (χ2v) is 3.68. The standard InChI is InChI=1S/C10H7BrN2O2/c1-2-3-7-4-9(11)8(6-12)5-10(7)13(14)15/h2,4-5H,1,3H2. The molecule has 0 heterocycles. The zero-order valence-corrected chi connectivity index (χ0v) is 9.32. The fraction of sp³-hybridized carbons (Fsp3) is 0.100. The smallest absolute Gasteiger partial charge is 0.258 e. The molecule has 0 aliphatic carbocycles. The van der Waals surface area contributed by atoms with E-state index in [-0.39, 0.29) is 11.3 Å². The van der Waals surface area contributed by atoms with Crippen molar-refractivity contribution in [3.8, 4) is 6.07 Å². The molecule has 0 amide bonds. The number of benzene rings is 1. The molecule has 1 rings (SSSR count). The van der Waals surface area contributed by atoms with Crippen LogP contribution in [0, 0.1) is 21.4 Å². The molecule has 15 heavy (non-hydrogen) atoms. The van der Waals surface area contributed by atoms with Crippen LogP contribution in [-0.4, -0.2) is 4.92 Å². The van der Waals surface area contributed by atoms with Crippen molar-refractivity contribution in [3.05, 3.63) is 50.5 Å². The fourth-order valence-corrected chi connectivity index (χ4v) is 1.66. The molecule has 0 bridgehead atoms. The van der Waals surface area contributed by atoms with Gasteiger partial charge in [0.25, 0.3) is 5.69 Å². The highest BCUT2D eigenvalue weighted by Gasteiger charge is 2.15. The third kappa shape index (κ3) is 2.42. The molecule has 0 aliphatic rings. The quantitative estimate of drug-likeness (QED) is 0.480. The minimum atomic E-state index is -0.494. The van der Waals surface area contributed by atoms with E-state index in [4.69, 9.17) is 5.26 Å². The highest BCUT2D eigenvalue weighted by Crippen LogP contribution is 2.27. The van der Waals surface area contributed by atoms with E-state index in [1.807, 2.05) is 6.07 Å². The SMILES string of the molecule is C=CCc1cc(Br)c(C#N)cc1[N+](=O)[O-]. The second kappa shape index (κ2) is 4.71. The van der Waals surface area contributed by atoms with Crippen LogP contribution in [0.2, 0.25) is 0 Å². The number of rotatable bonds is 3. The molecule has 0 spiro atoms. The van der Waals surface area contributed by atoms with Crippen molar-refractivity contribution in [1.29, 1.82) is 5.26 Å². The predicted octanol–water partition coefficient (Wildman–Crippen LogP) is 2.96. The molecule has 1 aromatic carbocycles. The van der Waals surface area contributed by atoms with Crippen molar-refractivity contribution in [2.24, 2.45) is 0 Å². The molecule has 1 aromatic rings. The monoisotopic (exact) mass is 266 g/mol. The Morgan fingerprint density at radius 1 is 1.67 bits per heavy atom. The first-order valence-corrected chi connectivity index (χ1v) is 4.87. The summed E-state index contributed by atoms with van der Waals surface area (Å²) in [4.78, 5) is 10.2. The van der Waals surface area contributed by atoms with Crippen LogP contribution in [0.5, 0.6) is 0 Å². The van der Waals surface area contributed by atoms with Crippen LogP contribution in [0.4, 0.5) is 5.69 Å². The molecule has 0 saturated heterocycles. The number of nitriles is 1. The zero-order valence-electron chi connectivity index (χ0n) is 7.74. The Hall–Kier alpha value is -1.67. The molecular formula is C10H7BrN2O2. The van der Waals surface area contributed by atoms with Gasteiger partial charge in [0.15, 0.2) is 0 Å². The zero-order chi connectivity index (χ0) is 11.4. The lowest BCUT2D eigenvalue weighted by Gasteiger charge is -2.02. The van der Waals surface area contributed by atoms with Crippen LogP contribution in [-0.2, 0) is 6.42 Å². The van der Waals surface area contributed by atoms with Crippen molar-refractivity contribution in [3.63, 3.8) is 0 Å². The number of hydrogen-bond acceptors (Lipinski definition) is 3. The van der Waals surface area contributed by atoms with Crippen LogP contribution < -0.4 is 0 Å². The summed E-state index contributed by atoms with van der Waals surface area (Å²) in [6.07, 6.45) is 1.99. The second-order valence-electron chi connectivity index (χ2n) is 2.82. The lowest BCUT2D eigenvalue weighted by molar-refractivity contribution is -0.385. The van der Waals surface area contributed by atoms with Gasteiger partial charge in [-0.1, -0.05) is 6.08 Å². The number of nitro groups is 1. The van der Waals surface area contributed by atoms with Crippen LogP contribution >= 0.6 is 15.9 Å². The van der Waals surface area contributed by atoms with Gasteiger partial charge in [-0.15, -0.1) is 6.58 Å². The topological polar surface area (TPSA) is 66.9 Å². The summed E-state index contributed by atoms with van der Waals surface area (Å²) in [5.41, 5.74) is 0.755. The number of nitro benzene ring substituents is 1. The van der Waals surface area contributed by atoms with E-state index in [1.54, 1.807) is 12.1 Å². The van der Waals surface area contributed by atoms with Crippen molar-refractivity contribution in [2.45, 2.75) is 6.42 Å². The van der Waals surface area contributed by atoms with E-state index >= 15 is 0 Å². The van der Waals surface area contributed by atoms with Gasteiger partial charge in [-0.3, -0.25) is 10.1 Å². The van der Waals surface area contributed by atoms with E-state index in [0.29, 0.717) is 16.5 Å². The lowest BCUT2D eigenvalue weighted by Crippen LogP contribution is -1.96. The molecule has 0 saturated carbocycles. The van der Waals surface area contributed by atoms with Crippen LogP contribution in [0.1, 0.15) is 11.1 Å². The lowest BCUT2D eigenvalue weighted by atomic mass is 10.1. The fourth-order valence-electron chi connectivity index (χ4n) is 1.18. The van der Waals surface area contributed by atoms with Crippen molar-refractivity contribution < 1.29 is 4.92 Å². The number of halogens is 1. The Labute approximate surface area is 95.1 Å². The van der Waals surface area contributed by atoms with Gasteiger partial charge in [-0.05, 0) is 28.4 Å². The molecular weight excluding hydrogens is 260 g/mol. The molecule has 0 aromatic heterocycles. The van der Waals surface area contributed by atoms with Crippen LogP contribution in [0.15, 0.2) is 29.3 Å². The number of allylic oxidation sites excluding steroid dienone is 1. The van der Waals surface area contributed by atoms with E-state index in [2.05, 4.69) is 22.5 Å². The average Bonchev–Trinajstić information content (AvgIpc) is 2.18. The highest BCUT2D eigenvalue weighted by atomic mass is 79.9. The molecule has 0 unspecified atom stereocenters. The van der Waals surface area contributed by atoms with Gasteiger partial charge in [-0.2, -0.15) is 5.26 Å². The van der Waals surface area contributed by atoms with Gasteiger partial charge < -0.3 is 0 Å². The largest absolute Gasteiger partial charge is 0.274 e. The van der Waals surface area contributed by atoms with Gasteiger partial charge in [0.05, 0.1) is 10.5 Å². The number of hydrogen-bond donors (Lipinski definition) is 0. The van der Waals surface area contributed by atoms with Gasteiger partial charge >= 0.3 is 0 Å². The maximum Gasteiger partial charge on any atom is 0.274 e. The Balaban J connectivity index is 3.39.